The molecule has 0 saturated heterocycles. The molecule has 0 N–H and O–H groups in total. The second kappa shape index (κ2) is 2.95. The summed E-state index contributed by atoms with van der Waals surface area (Å²) in [6, 6.07) is 2.03. The molecule has 2 rings (SSSR count). The number of aryl methyl sites for hydroxylation is 1. The number of pyridine rings is 1. The summed E-state index contributed by atoms with van der Waals surface area (Å²) in [5.74, 6) is 0. The molecule has 62 valence electrons. The van der Waals surface area contributed by atoms with Crippen LogP contribution in [0.25, 0.3) is 5.65 Å². The maximum Gasteiger partial charge on any atom is 0.212 e. The van der Waals surface area contributed by atoms with E-state index >= 15 is 0 Å². The summed E-state index contributed by atoms with van der Waals surface area (Å²) >= 11 is 5.50. The Balaban J connectivity index is 2.88. The quantitative estimate of drug-likeness (QED) is 0.691. The lowest BCUT2D eigenvalue weighted by molar-refractivity contribution is 0.935. The van der Waals surface area contributed by atoms with Crippen molar-refractivity contribution in [3.8, 4) is 0 Å². The van der Waals surface area contributed by atoms with Gasteiger partial charge in [0.05, 0.1) is 0 Å². The molecule has 2 heterocycles. The van der Waals surface area contributed by atoms with Crippen LogP contribution in [0.1, 0.15) is 5.56 Å². The van der Waals surface area contributed by atoms with Gasteiger partial charge in [-0.2, -0.15) is 0 Å². The van der Waals surface area contributed by atoms with Crippen LogP contribution in [0.3, 0.4) is 0 Å². The molecule has 0 saturated carbocycles. The average Bonchev–Trinajstić information content (AvgIpc) is 2.29. The molecule has 0 bridgehead atoms. The van der Waals surface area contributed by atoms with Gasteiger partial charge in [0.1, 0.15) is 0 Å². The summed E-state index contributed by atoms with van der Waals surface area (Å²) in [4.78, 5) is 4.27. The molecule has 0 spiro atoms. The molecule has 5 heteroatoms. The molecule has 2 aromatic rings. The van der Waals surface area contributed by atoms with E-state index in [1.54, 1.807) is 4.52 Å². The third-order valence-electron chi connectivity index (χ3n) is 1.56. The van der Waals surface area contributed by atoms with Gasteiger partial charge in [-0.15, -0.1) is 5.10 Å². The summed E-state index contributed by atoms with van der Waals surface area (Å²) in [7, 11) is 0. The molecule has 0 fully saturated rings. The van der Waals surface area contributed by atoms with Gasteiger partial charge in [0.2, 0.25) is 3.83 Å². The molecule has 0 radical (unpaired) electrons. The zero-order valence-electron chi connectivity index (χ0n) is 6.25. The van der Waals surface area contributed by atoms with E-state index in [4.69, 9.17) is 0 Å². The molecule has 0 atom stereocenters. The number of nitrogens with zero attached hydrogens (tertiary/aromatic N) is 3. The lowest BCUT2D eigenvalue weighted by atomic mass is 10.3. The Morgan fingerprint density at radius 2 is 2.33 bits per heavy atom. The van der Waals surface area contributed by atoms with E-state index in [0.29, 0.717) is 0 Å². The van der Waals surface area contributed by atoms with Crippen molar-refractivity contribution in [2.75, 3.05) is 0 Å². The molecular formula is C7H5BrIN3. The van der Waals surface area contributed by atoms with Crippen LogP contribution in [-0.2, 0) is 0 Å². The molecular weight excluding hydrogens is 333 g/mol. The van der Waals surface area contributed by atoms with Crippen LogP contribution >= 0.6 is 38.5 Å². The monoisotopic (exact) mass is 337 g/mol. The van der Waals surface area contributed by atoms with Gasteiger partial charge < -0.3 is 0 Å². The van der Waals surface area contributed by atoms with Crippen LogP contribution in [0, 0.1) is 10.8 Å². The van der Waals surface area contributed by atoms with Gasteiger partial charge in [-0.3, -0.25) is 0 Å². The number of aromatic nitrogens is 3. The summed E-state index contributed by atoms with van der Waals surface area (Å²) in [6.45, 7) is 2.02. The van der Waals surface area contributed by atoms with E-state index in [-0.39, 0.29) is 0 Å². The lowest BCUT2D eigenvalue weighted by Gasteiger charge is -1.96. The normalized spacial score (nSPS) is 10.9. The van der Waals surface area contributed by atoms with E-state index in [0.717, 1.165) is 19.5 Å². The fraction of sp³-hybridized carbons (Fsp3) is 0.143. The summed E-state index contributed by atoms with van der Waals surface area (Å²) in [6.07, 6.45) is 1.90. The molecule has 0 unspecified atom stereocenters. The summed E-state index contributed by atoms with van der Waals surface area (Å²) in [5.41, 5.74) is 2.04. The zero-order valence-corrected chi connectivity index (χ0v) is 10.00. The van der Waals surface area contributed by atoms with Crippen LogP contribution in [0.5, 0.6) is 0 Å². The van der Waals surface area contributed by atoms with E-state index in [2.05, 4.69) is 48.6 Å². The van der Waals surface area contributed by atoms with Crippen molar-refractivity contribution in [2.24, 2.45) is 0 Å². The van der Waals surface area contributed by atoms with Crippen molar-refractivity contribution < 1.29 is 0 Å². The van der Waals surface area contributed by atoms with Crippen LogP contribution in [-0.4, -0.2) is 14.6 Å². The minimum Gasteiger partial charge on any atom is -0.219 e. The molecule has 3 nitrogen and oxygen atoms in total. The number of hydrogen-bond donors (Lipinski definition) is 0. The van der Waals surface area contributed by atoms with E-state index in [1.807, 2.05) is 19.2 Å². The Bertz CT molecular complexity index is 437. The maximum atomic E-state index is 4.27. The van der Waals surface area contributed by atoms with E-state index in [1.165, 1.54) is 0 Å². The van der Waals surface area contributed by atoms with Gasteiger partial charge >= 0.3 is 0 Å². The van der Waals surface area contributed by atoms with Gasteiger partial charge in [-0.25, -0.2) is 9.50 Å². The Labute approximate surface area is 91.5 Å². The highest BCUT2D eigenvalue weighted by Gasteiger charge is 2.03. The predicted molar refractivity (Wildman–Crippen MR) is 58.1 cm³/mol. The summed E-state index contributed by atoms with van der Waals surface area (Å²) < 4.78 is 3.57. The van der Waals surface area contributed by atoms with Crippen molar-refractivity contribution >= 4 is 44.2 Å². The second-order valence-electron chi connectivity index (χ2n) is 2.49. The summed E-state index contributed by atoms with van der Waals surface area (Å²) in [5, 5.41) is 4.20. The number of halogens is 2. The molecule has 0 aromatic carbocycles. The largest absolute Gasteiger partial charge is 0.219 e. The topological polar surface area (TPSA) is 30.2 Å². The number of fused-ring (bicyclic) bond motifs is 1. The van der Waals surface area contributed by atoms with Gasteiger partial charge in [-0.05, 0) is 34.5 Å². The third-order valence-corrected chi connectivity index (χ3v) is 2.45. The van der Waals surface area contributed by atoms with Gasteiger partial charge in [0.25, 0.3) is 0 Å². The minimum atomic E-state index is 0.772. The molecule has 2 aromatic heterocycles. The van der Waals surface area contributed by atoms with Crippen molar-refractivity contribution in [3.63, 3.8) is 0 Å². The van der Waals surface area contributed by atoms with Crippen LogP contribution in [0.2, 0.25) is 0 Å². The smallest absolute Gasteiger partial charge is 0.212 e. The van der Waals surface area contributed by atoms with Crippen LogP contribution in [0.15, 0.2) is 16.7 Å². The fourth-order valence-corrected chi connectivity index (χ4v) is 2.08. The molecule has 0 aliphatic rings. The molecule has 12 heavy (non-hydrogen) atoms. The zero-order chi connectivity index (χ0) is 8.72. The van der Waals surface area contributed by atoms with Crippen molar-refractivity contribution in [1.29, 1.82) is 0 Å². The van der Waals surface area contributed by atoms with Crippen molar-refractivity contribution in [1.82, 2.24) is 14.6 Å². The first-order chi connectivity index (χ1) is 5.66. The highest BCUT2D eigenvalue weighted by atomic mass is 127. The number of hydrogen-bond acceptors (Lipinski definition) is 2. The molecule has 0 amide bonds. The predicted octanol–water partition coefficient (Wildman–Crippen LogP) is 2.40. The highest BCUT2D eigenvalue weighted by Crippen LogP contribution is 2.15. The first-order valence-corrected chi connectivity index (χ1v) is 5.22. The fourth-order valence-electron chi connectivity index (χ4n) is 1.08. The third kappa shape index (κ3) is 1.35. The Hall–Kier alpha value is -0.170. The maximum absolute atomic E-state index is 4.27. The van der Waals surface area contributed by atoms with Crippen molar-refractivity contribution in [3.05, 3.63) is 26.1 Å². The van der Waals surface area contributed by atoms with Gasteiger partial charge in [-0.1, -0.05) is 0 Å². The molecule has 0 aliphatic heterocycles. The number of rotatable bonds is 0. The average molecular weight is 338 g/mol. The SMILES string of the molecule is Cc1cc(Br)cn2nc(I)nc12. The minimum absolute atomic E-state index is 0.772. The Morgan fingerprint density at radius 1 is 1.58 bits per heavy atom. The van der Waals surface area contributed by atoms with Gasteiger partial charge in [0.15, 0.2) is 5.65 Å². The Morgan fingerprint density at radius 3 is 3.08 bits per heavy atom. The Kier molecular flexibility index (Phi) is 2.07. The highest BCUT2D eigenvalue weighted by molar-refractivity contribution is 14.1. The van der Waals surface area contributed by atoms with Crippen LogP contribution in [0.4, 0.5) is 0 Å². The van der Waals surface area contributed by atoms with Crippen molar-refractivity contribution in [2.45, 2.75) is 6.92 Å². The first-order valence-electron chi connectivity index (χ1n) is 3.35. The first kappa shape index (κ1) is 8.43. The van der Waals surface area contributed by atoms with Gasteiger partial charge in [0, 0.05) is 33.3 Å². The second-order valence-corrected chi connectivity index (χ2v) is 4.37. The van der Waals surface area contributed by atoms with E-state index < -0.39 is 0 Å². The van der Waals surface area contributed by atoms with E-state index in [9.17, 15) is 0 Å². The lowest BCUT2D eigenvalue weighted by Crippen LogP contribution is -1.89. The standard InChI is InChI=1S/C7H5BrIN3/c1-4-2-5(8)3-12-6(4)10-7(9)11-12/h2-3H,1H3. The van der Waals surface area contributed by atoms with Crippen LogP contribution < -0.4 is 0 Å². The molecule has 0 aliphatic carbocycles.